The molecule has 5 rings (SSSR count). The molecule has 2 aromatic heterocycles. The number of carbonyl (C=O) groups excluding carboxylic acids is 1. The lowest BCUT2D eigenvalue weighted by molar-refractivity contribution is -0.633. The van der Waals surface area contributed by atoms with Crippen molar-refractivity contribution in [2.45, 2.75) is 56.5 Å². The molecule has 2 amide bonds. The number of carbonyl (C=O) groups is 1. The zero-order valence-electron chi connectivity index (χ0n) is 20.8. The van der Waals surface area contributed by atoms with E-state index in [0.717, 1.165) is 37.3 Å². The van der Waals surface area contributed by atoms with E-state index >= 15 is 0 Å². The number of aromatic nitrogens is 4. The van der Waals surface area contributed by atoms with E-state index in [9.17, 15) is 4.79 Å². The van der Waals surface area contributed by atoms with Crippen molar-refractivity contribution in [3.63, 3.8) is 0 Å². The Bertz CT molecular complexity index is 1100. The maximum Gasteiger partial charge on any atom is 0.317 e. The minimum atomic E-state index is -0.0434. The quantitative estimate of drug-likeness (QED) is 0.123. The predicted octanol–water partition coefficient (Wildman–Crippen LogP) is 1.75. The summed E-state index contributed by atoms with van der Waals surface area (Å²) in [4.78, 5) is 25.7. The summed E-state index contributed by atoms with van der Waals surface area (Å²) in [5.74, 6) is 3.33. The average molecular weight is 496 g/mol. The van der Waals surface area contributed by atoms with Gasteiger partial charge in [0, 0.05) is 56.1 Å². The summed E-state index contributed by atoms with van der Waals surface area (Å²) >= 11 is 0. The Morgan fingerprint density at radius 2 is 2.00 bits per heavy atom. The van der Waals surface area contributed by atoms with Crippen LogP contribution in [0.1, 0.15) is 50.1 Å². The molecule has 0 spiro atoms. The Morgan fingerprint density at radius 1 is 1.22 bits per heavy atom. The summed E-state index contributed by atoms with van der Waals surface area (Å²) in [6.45, 7) is 1.11. The Balaban J connectivity index is 1.08. The molecular formula is C23H35N12O+. The van der Waals surface area contributed by atoms with Crippen LogP contribution in [0.3, 0.4) is 0 Å². The van der Waals surface area contributed by atoms with Crippen LogP contribution in [0.25, 0.3) is 0 Å². The zero-order valence-corrected chi connectivity index (χ0v) is 20.8. The third-order valence-electron chi connectivity index (χ3n) is 7.31. The Kier molecular flexibility index (Phi) is 7.07. The fourth-order valence-corrected chi connectivity index (χ4v) is 4.93. The first-order valence-corrected chi connectivity index (χ1v) is 12.7. The molecule has 13 heteroatoms. The third kappa shape index (κ3) is 5.45. The molecule has 0 bridgehead atoms. The van der Waals surface area contributed by atoms with E-state index in [4.69, 9.17) is 10.5 Å². The van der Waals surface area contributed by atoms with Crippen LogP contribution in [0.4, 0.5) is 22.4 Å². The fourth-order valence-electron chi connectivity index (χ4n) is 4.93. The number of anilines is 3. The highest BCUT2D eigenvalue weighted by Gasteiger charge is 2.36. The molecule has 3 aliphatic rings. The summed E-state index contributed by atoms with van der Waals surface area (Å²) in [5.41, 5.74) is 10.1. The monoisotopic (exact) mass is 495 g/mol. The van der Waals surface area contributed by atoms with Gasteiger partial charge in [0.1, 0.15) is 5.82 Å². The van der Waals surface area contributed by atoms with Gasteiger partial charge in [0.2, 0.25) is 11.8 Å². The highest BCUT2D eigenvalue weighted by atomic mass is 16.2. The second kappa shape index (κ2) is 10.6. The van der Waals surface area contributed by atoms with E-state index in [1.165, 1.54) is 18.5 Å². The van der Waals surface area contributed by atoms with Crippen LogP contribution in [-0.2, 0) is 0 Å². The van der Waals surface area contributed by atoms with Crippen molar-refractivity contribution in [2.24, 2.45) is 16.1 Å². The average Bonchev–Trinajstić information content (AvgIpc) is 3.61. The minimum Gasteiger partial charge on any atom is -0.341 e. The molecule has 0 atom stereocenters. The highest BCUT2D eigenvalue weighted by Crippen LogP contribution is 2.39. The van der Waals surface area contributed by atoms with Gasteiger partial charge in [0.05, 0.1) is 13.0 Å². The minimum absolute atomic E-state index is 0.0434. The van der Waals surface area contributed by atoms with Gasteiger partial charge >= 0.3 is 6.03 Å². The predicted molar refractivity (Wildman–Crippen MR) is 134 cm³/mol. The molecular weight excluding hydrogens is 460 g/mol. The Labute approximate surface area is 210 Å². The van der Waals surface area contributed by atoms with E-state index in [1.807, 2.05) is 13.1 Å². The number of hydrogen-bond acceptors (Lipinski definition) is 8. The lowest BCUT2D eigenvalue weighted by Crippen LogP contribution is -2.74. The largest absolute Gasteiger partial charge is 0.341 e. The number of amides is 2. The number of hydrogen-bond donors (Lipinski definition) is 5. The number of rotatable bonds is 8. The highest BCUT2D eigenvalue weighted by molar-refractivity contribution is 5.87. The third-order valence-corrected chi connectivity index (χ3v) is 7.31. The van der Waals surface area contributed by atoms with Crippen LogP contribution in [-0.4, -0.2) is 76.2 Å². The summed E-state index contributed by atoms with van der Waals surface area (Å²) in [6.07, 6.45) is 7.95. The van der Waals surface area contributed by atoms with Crippen LogP contribution in [0.5, 0.6) is 0 Å². The van der Waals surface area contributed by atoms with Crippen LogP contribution < -0.4 is 21.0 Å². The number of likely N-dealkylation sites (tertiary alicyclic amines) is 1. The molecule has 192 valence electrons. The van der Waals surface area contributed by atoms with Crippen molar-refractivity contribution in [1.29, 1.82) is 5.53 Å². The van der Waals surface area contributed by atoms with Gasteiger partial charge < -0.3 is 20.4 Å². The normalized spacial score (nSPS) is 22.6. The molecule has 0 unspecified atom stereocenters. The van der Waals surface area contributed by atoms with Gasteiger partial charge in [-0.1, -0.05) is 5.10 Å². The van der Waals surface area contributed by atoms with Crippen molar-refractivity contribution in [3.8, 4) is 0 Å². The van der Waals surface area contributed by atoms with E-state index in [1.54, 1.807) is 23.6 Å². The summed E-state index contributed by atoms with van der Waals surface area (Å²) in [6, 6.07) is 4.34. The standard InChI is InChI=1S/C23H34N12O/c1-25-33-21(30-24)15-12-35(13-15)23(36)27-16-5-7-17(8-6-16)34(2)22-26-10-9-19(29-22)28-20-11-18(31-32-20)14-3-4-14/h9-11,14-17,24-25H,3-8,12-13H2,1-2H3,(H,27,36)(H2,26,28,29,31,32)/p+1. The second-order valence-electron chi connectivity index (χ2n) is 9.87. The van der Waals surface area contributed by atoms with E-state index in [2.05, 4.69) is 47.0 Å². The number of amidine groups is 1. The number of urea groups is 1. The van der Waals surface area contributed by atoms with Crippen molar-refractivity contribution in [1.82, 2.24) is 30.4 Å². The number of H-pyrrole nitrogens is 1. The van der Waals surface area contributed by atoms with Crippen molar-refractivity contribution in [2.75, 3.05) is 37.4 Å². The molecule has 0 radical (unpaired) electrons. The Morgan fingerprint density at radius 3 is 2.69 bits per heavy atom. The number of quaternary nitrogens is 1. The molecule has 2 aliphatic carbocycles. The molecule has 2 aromatic rings. The lowest BCUT2D eigenvalue weighted by Gasteiger charge is -2.40. The zero-order chi connectivity index (χ0) is 25.1. The number of nitrogens with one attached hydrogen (secondary N) is 4. The van der Waals surface area contributed by atoms with Crippen LogP contribution in [0, 0.1) is 11.4 Å². The molecule has 13 nitrogen and oxygen atoms in total. The van der Waals surface area contributed by atoms with Crippen LogP contribution in [0.15, 0.2) is 28.5 Å². The first kappa shape index (κ1) is 24.1. The SMILES string of the molecule is C[NH2+]N=C(N=N)C1CN(C(=O)NC2CCC(N(C)c3nccc(Nc4cc(C5CC5)[nH]n4)n3)CC2)C1. The van der Waals surface area contributed by atoms with Gasteiger partial charge in [0.25, 0.3) is 0 Å². The molecule has 2 saturated carbocycles. The van der Waals surface area contributed by atoms with Crippen molar-refractivity contribution < 1.29 is 10.2 Å². The summed E-state index contributed by atoms with van der Waals surface area (Å²) < 4.78 is 0. The van der Waals surface area contributed by atoms with E-state index in [0.29, 0.717) is 36.8 Å². The van der Waals surface area contributed by atoms with Gasteiger partial charge in [-0.15, -0.1) is 5.11 Å². The maximum absolute atomic E-state index is 12.6. The van der Waals surface area contributed by atoms with Gasteiger partial charge in [-0.2, -0.15) is 10.1 Å². The van der Waals surface area contributed by atoms with Gasteiger partial charge in [-0.25, -0.2) is 20.7 Å². The van der Waals surface area contributed by atoms with Gasteiger partial charge in [-0.3, -0.25) is 5.10 Å². The van der Waals surface area contributed by atoms with Crippen molar-refractivity contribution >= 4 is 29.5 Å². The molecule has 0 aromatic carbocycles. The molecule has 3 fully saturated rings. The second-order valence-corrected chi connectivity index (χ2v) is 9.87. The number of aromatic amines is 1. The van der Waals surface area contributed by atoms with Crippen molar-refractivity contribution in [3.05, 3.63) is 24.0 Å². The molecule has 3 heterocycles. The topological polar surface area (TPSA) is 167 Å². The van der Waals surface area contributed by atoms with Gasteiger partial charge in [0.15, 0.2) is 5.82 Å². The molecule has 1 aliphatic heterocycles. The van der Waals surface area contributed by atoms with E-state index < -0.39 is 0 Å². The fraction of sp³-hybridized carbons (Fsp3) is 0.609. The first-order valence-electron chi connectivity index (χ1n) is 12.7. The van der Waals surface area contributed by atoms with Gasteiger partial charge in [-0.05, 0) is 44.6 Å². The Hall–Kier alpha value is -3.61. The van der Waals surface area contributed by atoms with Crippen LogP contribution >= 0.6 is 0 Å². The van der Waals surface area contributed by atoms with Crippen LogP contribution in [0.2, 0.25) is 0 Å². The smallest absolute Gasteiger partial charge is 0.317 e. The number of nitrogens with two attached hydrogens (primary N) is 1. The maximum atomic E-state index is 12.6. The number of nitrogens with zero attached hydrogens (tertiary/aromatic N) is 7. The van der Waals surface area contributed by atoms with E-state index in [-0.39, 0.29) is 18.0 Å². The molecule has 36 heavy (non-hydrogen) atoms. The molecule has 1 saturated heterocycles. The first-order chi connectivity index (χ1) is 17.5. The summed E-state index contributed by atoms with van der Waals surface area (Å²) in [7, 11) is 3.83. The molecule has 6 N–H and O–H groups in total. The summed E-state index contributed by atoms with van der Waals surface area (Å²) in [5, 5.41) is 21.5. The lowest BCUT2D eigenvalue weighted by atomic mass is 9.90.